The lowest BCUT2D eigenvalue weighted by molar-refractivity contribution is -0.384. The molecule has 0 aliphatic rings. The maximum absolute atomic E-state index is 11.0. The van der Waals surface area contributed by atoms with E-state index in [4.69, 9.17) is 4.74 Å². The van der Waals surface area contributed by atoms with Gasteiger partial charge in [-0.25, -0.2) is 4.98 Å². The quantitative estimate of drug-likeness (QED) is 0.192. The summed E-state index contributed by atoms with van der Waals surface area (Å²) in [5, 5.41) is 11.5. The highest BCUT2D eigenvalue weighted by Crippen LogP contribution is 2.28. The Morgan fingerprint density at radius 2 is 1.90 bits per heavy atom. The second-order valence-corrected chi connectivity index (χ2v) is 7.82. The van der Waals surface area contributed by atoms with Gasteiger partial charge >= 0.3 is 0 Å². The maximum atomic E-state index is 11.0. The Kier molecular flexibility index (Phi) is 6.82. The van der Waals surface area contributed by atoms with Crippen molar-refractivity contribution < 1.29 is 9.66 Å². The van der Waals surface area contributed by atoms with Crippen LogP contribution in [0.3, 0.4) is 0 Å². The fraction of sp³-hybridized carbons (Fsp3) is 0.273. The Hall–Kier alpha value is -2.93. The van der Waals surface area contributed by atoms with Crippen LogP contribution in [0.4, 0.5) is 5.69 Å². The molecule has 0 aliphatic heterocycles. The Bertz CT molecular complexity index is 1010. The third-order valence-electron chi connectivity index (χ3n) is 4.33. The van der Waals surface area contributed by atoms with Gasteiger partial charge < -0.3 is 4.74 Å². The molecule has 0 N–H and O–H groups in total. The van der Waals surface area contributed by atoms with E-state index >= 15 is 0 Å². The molecule has 0 bridgehead atoms. The summed E-state index contributed by atoms with van der Waals surface area (Å²) >= 11 is 1.43. The van der Waals surface area contributed by atoms with E-state index < -0.39 is 0 Å². The predicted octanol–water partition coefficient (Wildman–Crippen LogP) is 6.16. The first-order chi connectivity index (χ1) is 13.9. The van der Waals surface area contributed by atoms with Crippen molar-refractivity contribution in [3.8, 4) is 11.6 Å². The predicted molar refractivity (Wildman–Crippen MR) is 115 cm³/mol. The second-order valence-electron chi connectivity index (χ2n) is 6.88. The number of ether oxygens (including phenoxy) is 1. The Morgan fingerprint density at radius 1 is 1.10 bits per heavy atom. The van der Waals surface area contributed by atoms with E-state index in [1.54, 1.807) is 12.1 Å². The molecular formula is C22H23N3O3S. The van der Waals surface area contributed by atoms with Crippen molar-refractivity contribution in [2.75, 3.05) is 0 Å². The molecule has 1 heterocycles. The first-order valence-electron chi connectivity index (χ1n) is 9.46. The highest BCUT2D eigenvalue weighted by molar-refractivity contribution is 7.98. The molecule has 1 aromatic heterocycles. The van der Waals surface area contributed by atoms with Crippen molar-refractivity contribution in [1.29, 1.82) is 0 Å². The highest BCUT2D eigenvalue weighted by Gasteiger charge is 2.10. The van der Waals surface area contributed by atoms with Crippen LogP contribution in [0.1, 0.15) is 43.5 Å². The van der Waals surface area contributed by atoms with Gasteiger partial charge in [0.25, 0.3) is 5.69 Å². The molecule has 3 rings (SSSR count). The molecule has 0 saturated carbocycles. The lowest BCUT2D eigenvalue weighted by atomic mass is 10.0. The third-order valence-corrected chi connectivity index (χ3v) is 5.25. The van der Waals surface area contributed by atoms with E-state index in [9.17, 15) is 10.1 Å². The number of nitro benzene ring substituents is 1. The van der Waals surface area contributed by atoms with Gasteiger partial charge in [0.2, 0.25) is 5.88 Å². The molecule has 0 unspecified atom stereocenters. The Morgan fingerprint density at radius 3 is 2.62 bits per heavy atom. The van der Waals surface area contributed by atoms with E-state index in [1.165, 1.54) is 23.4 Å². The molecule has 0 atom stereocenters. The van der Waals surface area contributed by atoms with Crippen molar-refractivity contribution in [3.05, 3.63) is 81.5 Å². The van der Waals surface area contributed by atoms with Crippen molar-refractivity contribution in [2.24, 2.45) is 0 Å². The zero-order valence-electron chi connectivity index (χ0n) is 16.7. The molecule has 0 spiro atoms. The second kappa shape index (κ2) is 9.52. The lowest BCUT2D eigenvalue weighted by Gasteiger charge is -2.11. The molecule has 7 heteroatoms. The number of nitrogens with zero attached hydrogens (tertiary/aromatic N) is 3. The van der Waals surface area contributed by atoms with Crippen LogP contribution in [-0.2, 0) is 12.2 Å². The summed E-state index contributed by atoms with van der Waals surface area (Å²) in [5.74, 6) is 2.19. The van der Waals surface area contributed by atoms with Crippen molar-refractivity contribution >= 4 is 17.4 Å². The molecule has 2 aromatic carbocycles. The molecule has 0 aliphatic carbocycles. The lowest BCUT2D eigenvalue weighted by Crippen LogP contribution is -1.98. The summed E-state index contributed by atoms with van der Waals surface area (Å²) in [6.45, 7) is 6.31. The number of hydrogen-bond donors (Lipinski definition) is 0. The molecular weight excluding hydrogens is 386 g/mol. The van der Waals surface area contributed by atoms with Crippen LogP contribution in [0.2, 0.25) is 0 Å². The van der Waals surface area contributed by atoms with Crippen LogP contribution in [0, 0.1) is 10.1 Å². The first-order valence-corrected chi connectivity index (χ1v) is 10.4. The number of rotatable bonds is 8. The largest absolute Gasteiger partial charge is 0.439 e. The topological polar surface area (TPSA) is 78.2 Å². The number of benzene rings is 2. The summed E-state index contributed by atoms with van der Waals surface area (Å²) in [6, 6.07) is 16.4. The van der Waals surface area contributed by atoms with E-state index in [0.717, 1.165) is 23.4 Å². The summed E-state index contributed by atoms with van der Waals surface area (Å²) in [6.07, 6.45) is 0.759. The molecule has 150 valence electrons. The molecule has 0 fully saturated rings. The van der Waals surface area contributed by atoms with Crippen molar-refractivity contribution in [2.45, 2.75) is 44.0 Å². The van der Waals surface area contributed by atoms with Crippen LogP contribution in [0.5, 0.6) is 11.6 Å². The molecule has 0 amide bonds. The minimum Gasteiger partial charge on any atom is -0.439 e. The standard InChI is InChI=1S/C22H23N3O3S/c1-4-18-13-21(28-20-10-6-8-17(12-20)15(2)3)24-22(23-18)29-14-16-7-5-9-19(11-16)25(26)27/h5-13,15H,4,14H2,1-3H3. The van der Waals surface area contributed by atoms with E-state index in [0.29, 0.717) is 22.7 Å². The Balaban J connectivity index is 1.77. The minimum absolute atomic E-state index is 0.0837. The molecule has 29 heavy (non-hydrogen) atoms. The first kappa shape index (κ1) is 20.8. The Labute approximate surface area is 174 Å². The van der Waals surface area contributed by atoms with Crippen LogP contribution in [0.25, 0.3) is 0 Å². The average molecular weight is 410 g/mol. The molecule has 3 aromatic rings. The van der Waals surface area contributed by atoms with Gasteiger partial charge in [-0.1, -0.05) is 56.8 Å². The van der Waals surface area contributed by atoms with Gasteiger partial charge in [0.15, 0.2) is 5.16 Å². The van der Waals surface area contributed by atoms with E-state index in [2.05, 4.69) is 29.9 Å². The number of hydrogen-bond acceptors (Lipinski definition) is 6. The number of aryl methyl sites for hydroxylation is 1. The summed E-state index contributed by atoms with van der Waals surface area (Å²) in [7, 11) is 0. The van der Waals surface area contributed by atoms with Crippen LogP contribution in [-0.4, -0.2) is 14.9 Å². The monoisotopic (exact) mass is 409 g/mol. The number of aromatic nitrogens is 2. The summed E-state index contributed by atoms with van der Waals surface area (Å²) in [5.41, 5.74) is 3.02. The number of non-ortho nitro benzene ring substituents is 1. The number of thioether (sulfide) groups is 1. The molecule has 0 saturated heterocycles. The minimum atomic E-state index is -0.389. The fourth-order valence-corrected chi connectivity index (χ4v) is 3.52. The number of nitro groups is 1. The zero-order chi connectivity index (χ0) is 20.8. The van der Waals surface area contributed by atoms with Gasteiger partial charge in [-0.05, 0) is 35.6 Å². The van der Waals surface area contributed by atoms with Gasteiger partial charge in [-0.15, -0.1) is 0 Å². The SMILES string of the molecule is CCc1cc(Oc2cccc(C(C)C)c2)nc(SCc2cccc([N+](=O)[O-])c2)n1. The summed E-state index contributed by atoms with van der Waals surface area (Å²) in [4.78, 5) is 19.6. The highest BCUT2D eigenvalue weighted by atomic mass is 32.2. The zero-order valence-corrected chi connectivity index (χ0v) is 17.5. The van der Waals surface area contributed by atoms with Gasteiger partial charge in [-0.2, -0.15) is 4.98 Å². The van der Waals surface area contributed by atoms with E-state index in [-0.39, 0.29) is 10.6 Å². The normalized spacial score (nSPS) is 10.9. The smallest absolute Gasteiger partial charge is 0.269 e. The average Bonchev–Trinajstić information content (AvgIpc) is 2.72. The van der Waals surface area contributed by atoms with Gasteiger partial charge in [0.05, 0.1) is 4.92 Å². The summed E-state index contributed by atoms with van der Waals surface area (Å²) < 4.78 is 6.00. The fourth-order valence-electron chi connectivity index (χ4n) is 2.71. The van der Waals surface area contributed by atoms with Gasteiger partial charge in [-0.3, -0.25) is 10.1 Å². The molecule has 0 radical (unpaired) electrons. The van der Waals surface area contributed by atoms with Crippen molar-refractivity contribution in [1.82, 2.24) is 9.97 Å². The van der Waals surface area contributed by atoms with E-state index in [1.807, 2.05) is 37.3 Å². The van der Waals surface area contributed by atoms with Crippen LogP contribution < -0.4 is 4.74 Å². The third kappa shape index (κ3) is 5.77. The molecule has 6 nitrogen and oxygen atoms in total. The van der Waals surface area contributed by atoms with Gasteiger partial charge in [0.1, 0.15) is 5.75 Å². The maximum Gasteiger partial charge on any atom is 0.269 e. The van der Waals surface area contributed by atoms with Gasteiger partial charge in [0, 0.05) is 29.6 Å². The van der Waals surface area contributed by atoms with Crippen LogP contribution >= 0.6 is 11.8 Å². The van der Waals surface area contributed by atoms with Crippen LogP contribution in [0.15, 0.2) is 59.8 Å². The van der Waals surface area contributed by atoms with Crippen molar-refractivity contribution in [3.63, 3.8) is 0 Å².